The van der Waals surface area contributed by atoms with Crippen LogP contribution in [0.3, 0.4) is 0 Å². The smallest absolute Gasteiger partial charge is 0.272 e. The zero-order valence-electron chi connectivity index (χ0n) is 6.93. The van der Waals surface area contributed by atoms with Gasteiger partial charge in [0.25, 0.3) is 5.91 Å². The molecule has 3 nitrogen and oxygen atoms in total. The Bertz CT molecular complexity index is 364. The van der Waals surface area contributed by atoms with Crippen LogP contribution in [0.1, 0.15) is 17.4 Å². The molecule has 68 valence electrons. The molecule has 0 atom stereocenters. The van der Waals surface area contributed by atoms with Gasteiger partial charge in [-0.05, 0) is 22.9 Å². The lowest BCUT2D eigenvalue weighted by molar-refractivity contribution is 0.0953. The summed E-state index contributed by atoms with van der Waals surface area (Å²) in [6, 6.07) is 0. The van der Waals surface area contributed by atoms with E-state index >= 15 is 0 Å². The van der Waals surface area contributed by atoms with Crippen LogP contribution >= 0.6 is 27.3 Å². The first-order chi connectivity index (χ1) is 6.25. The molecule has 0 spiro atoms. The number of thiazole rings is 1. The Morgan fingerprint density at radius 2 is 2.62 bits per heavy atom. The summed E-state index contributed by atoms with van der Waals surface area (Å²) in [5.74, 6) is 5.23. The minimum atomic E-state index is -0.198. The number of aromatic nitrogens is 1. The van der Waals surface area contributed by atoms with Crippen molar-refractivity contribution in [2.24, 2.45) is 0 Å². The van der Waals surface area contributed by atoms with Gasteiger partial charge in [-0.3, -0.25) is 4.79 Å². The number of amides is 1. The predicted octanol–water partition coefficient (Wildman–Crippen LogP) is 1.66. The van der Waals surface area contributed by atoms with Crippen molar-refractivity contribution < 1.29 is 4.79 Å². The van der Waals surface area contributed by atoms with Gasteiger partial charge in [-0.1, -0.05) is 5.92 Å². The molecule has 1 amide bonds. The van der Waals surface area contributed by atoms with E-state index in [1.807, 2.05) is 0 Å². The van der Waals surface area contributed by atoms with Gasteiger partial charge >= 0.3 is 0 Å². The highest BCUT2D eigenvalue weighted by Gasteiger charge is 2.11. The number of carbonyl (C=O) groups excluding carboxylic acids is 1. The molecule has 1 heterocycles. The lowest BCUT2D eigenvalue weighted by atomic mass is 10.4. The highest BCUT2D eigenvalue weighted by Crippen LogP contribution is 2.19. The molecule has 0 aromatic carbocycles. The third-order valence-electron chi connectivity index (χ3n) is 1.25. The topological polar surface area (TPSA) is 42.0 Å². The van der Waals surface area contributed by atoms with E-state index in [2.05, 4.69) is 38.1 Å². The number of nitrogens with one attached hydrogen (secondary N) is 1. The summed E-state index contributed by atoms with van der Waals surface area (Å²) >= 11 is 4.62. The number of carbonyl (C=O) groups is 1. The second-order valence-electron chi connectivity index (χ2n) is 2.08. The maximum atomic E-state index is 11.3. The molecule has 0 radical (unpaired) electrons. The molecular weight excluding hydrogens is 252 g/mol. The summed E-state index contributed by atoms with van der Waals surface area (Å²) in [6.45, 7) is 2.09. The van der Waals surface area contributed by atoms with Gasteiger partial charge in [-0.2, -0.15) is 0 Å². The molecule has 0 saturated heterocycles. The van der Waals surface area contributed by atoms with Gasteiger partial charge in [0, 0.05) is 0 Å². The highest BCUT2D eigenvalue weighted by atomic mass is 79.9. The van der Waals surface area contributed by atoms with E-state index in [-0.39, 0.29) is 5.91 Å². The van der Waals surface area contributed by atoms with Crippen molar-refractivity contribution in [2.75, 3.05) is 6.54 Å². The fourth-order valence-electron chi connectivity index (χ4n) is 0.676. The average Bonchev–Trinajstić information content (AvgIpc) is 2.52. The average molecular weight is 259 g/mol. The second-order valence-corrected chi connectivity index (χ2v) is 4.26. The first-order valence-corrected chi connectivity index (χ1v) is 5.19. The molecule has 1 rings (SSSR count). The lowest BCUT2D eigenvalue weighted by Crippen LogP contribution is -2.24. The van der Waals surface area contributed by atoms with Crippen LogP contribution in [-0.2, 0) is 0 Å². The highest BCUT2D eigenvalue weighted by molar-refractivity contribution is 9.11. The predicted molar refractivity (Wildman–Crippen MR) is 55.6 cm³/mol. The van der Waals surface area contributed by atoms with E-state index < -0.39 is 0 Å². The van der Waals surface area contributed by atoms with Gasteiger partial charge in [-0.15, -0.1) is 17.3 Å². The van der Waals surface area contributed by atoms with Crippen LogP contribution in [0.15, 0.2) is 9.30 Å². The van der Waals surface area contributed by atoms with Crippen LogP contribution in [0, 0.1) is 11.8 Å². The Morgan fingerprint density at radius 3 is 3.15 bits per heavy atom. The largest absolute Gasteiger partial charge is 0.340 e. The summed E-state index contributed by atoms with van der Waals surface area (Å²) in [5.41, 5.74) is 2.03. The Hall–Kier alpha value is -0.860. The first kappa shape index (κ1) is 10.2. The van der Waals surface area contributed by atoms with Crippen molar-refractivity contribution in [3.05, 3.63) is 15.0 Å². The molecule has 1 aromatic rings. The molecule has 0 aliphatic carbocycles. The van der Waals surface area contributed by atoms with Gasteiger partial charge in [0.05, 0.1) is 12.1 Å². The number of nitrogens with zero attached hydrogens (tertiary/aromatic N) is 1. The molecule has 5 heteroatoms. The van der Waals surface area contributed by atoms with Gasteiger partial charge in [0.1, 0.15) is 3.79 Å². The van der Waals surface area contributed by atoms with Crippen LogP contribution in [0.4, 0.5) is 0 Å². The zero-order valence-corrected chi connectivity index (χ0v) is 9.33. The van der Waals surface area contributed by atoms with Crippen molar-refractivity contribution in [2.45, 2.75) is 6.92 Å². The normalized spacial score (nSPS) is 8.77. The van der Waals surface area contributed by atoms with E-state index in [1.165, 1.54) is 11.3 Å². The van der Waals surface area contributed by atoms with Crippen molar-refractivity contribution in [1.29, 1.82) is 0 Å². The van der Waals surface area contributed by atoms with Crippen molar-refractivity contribution in [3.8, 4) is 11.8 Å². The third-order valence-corrected chi connectivity index (χ3v) is 2.80. The van der Waals surface area contributed by atoms with Crippen LogP contribution in [-0.4, -0.2) is 17.4 Å². The summed E-state index contributed by atoms with van der Waals surface area (Å²) in [5, 5.41) is 2.63. The molecule has 13 heavy (non-hydrogen) atoms. The van der Waals surface area contributed by atoms with Gasteiger partial charge in [0.2, 0.25) is 0 Å². The summed E-state index contributed by atoms with van der Waals surface area (Å²) in [4.78, 5) is 15.2. The minimum Gasteiger partial charge on any atom is -0.340 e. The standard InChI is InChI=1S/C8H7BrN2OS/c1-2-3-4-10-8(12)6-7(9)13-5-11-6/h5H,4H2,1H3,(H,10,12). The van der Waals surface area contributed by atoms with Gasteiger partial charge < -0.3 is 5.32 Å². The molecule has 0 fully saturated rings. The number of rotatable bonds is 2. The molecule has 0 aliphatic rings. The number of halogens is 1. The lowest BCUT2D eigenvalue weighted by Gasteiger charge is -1.96. The summed E-state index contributed by atoms with van der Waals surface area (Å²) < 4.78 is 0.745. The van der Waals surface area contributed by atoms with E-state index in [9.17, 15) is 4.79 Å². The first-order valence-electron chi connectivity index (χ1n) is 3.52. The fraction of sp³-hybridized carbons (Fsp3) is 0.250. The van der Waals surface area contributed by atoms with E-state index in [0.717, 1.165) is 3.79 Å². The van der Waals surface area contributed by atoms with Crippen LogP contribution in [0.2, 0.25) is 0 Å². The maximum Gasteiger partial charge on any atom is 0.272 e. The van der Waals surface area contributed by atoms with E-state index in [1.54, 1.807) is 12.4 Å². The number of hydrogen-bond acceptors (Lipinski definition) is 3. The molecular formula is C8H7BrN2OS. The quantitative estimate of drug-likeness (QED) is 0.821. The van der Waals surface area contributed by atoms with Crippen LogP contribution < -0.4 is 5.32 Å². The van der Waals surface area contributed by atoms with E-state index in [4.69, 9.17) is 0 Å². The van der Waals surface area contributed by atoms with Crippen molar-refractivity contribution >= 4 is 33.2 Å². The van der Waals surface area contributed by atoms with Gasteiger partial charge in [0.15, 0.2) is 5.69 Å². The summed E-state index contributed by atoms with van der Waals surface area (Å²) in [7, 11) is 0. The Morgan fingerprint density at radius 1 is 1.85 bits per heavy atom. The molecule has 0 bridgehead atoms. The van der Waals surface area contributed by atoms with Crippen molar-refractivity contribution in [3.63, 3.8) is 0 Å². The molecule has 1 N–H and O–H groups in total. The zero-order chi connectivity index (χ0) is 9.68. The minimum absolute atomic E-state index is 0.198. The molecule has 0 aliphatic heterocycles. The molecule has 1 aromatic heterocycles. The third kappa shape index (κ3) is 2.83. The monoisotopic (exact) mass is 258 g/mol. The van der Waals surface area contributed by atoms with Crippen molar-refractivity contribution in [1.82, 2.24) is 10.3 Å². The number of hydrogen-bond donors (Lipinski definition) is 1. The van der Waals surface area contributed by atoms with Gasteiger partial charge in [-0.25, -0.2) is 4.98 Å². The van der Waals surface area contributed by atoms with Crippen LogP contribution in [0.5, 0.6) is 0 Å². The second kappa shape index (κ2) is 5.00. The molecule has 0 unspecified atom stereocenters. The SMILES string of the molecule is CC#CCNC(=O)c1ncsc1Br. The Labute approximate surface area is 88.7 Å². The Kier molecular flexibility index (Phi) is 3.93. The van der Waals surface area contributed by atoms with E-state index in [0.29, 0.717) is 12.2 Å². The van der Waals surface area contributed by atoms with Crippen LogP contribution in [0.25, 0.3) is 0 Å². The summed E-state index contributed by atoms with van der Waals surface area (Å²) in [6.07, 6.45) is 0. The fourth-order valence-corrected chi connectivity index (χ4v) is 1.72. The maximum absolute atomic E-state index is 11.3. The molecule has 0 saturated carbocycles. The Balaban J connectivity index is 2.57.